The Kier molecular flexibility index (Phi) is 6.73. The van der Waals surface area contributed by atoms with E-state index in [1.807, 2.05) is 6.07 Å². The summed E-state index contributed by atoms with van der Waals surface area (Å²) in [5.74, 6) is -0.576. The zero-order chi connectivity index (χ0) is 14.3. The molecule has 0 bridgehead atoms. The lowest BCUT2D eigenvalue weighted by molar-refractivity contribution is -0.124. The molecule has 0 fully saturated rings. The average molecular weight is 328 g/mol. The smallest absolute Gasteiger partial charge is 0.223 e. The molecule has 0 aliphatic heterocycles. The summed E-state index contributed by atoms with van der Waals surface area (Å²) in [4.78, 5) is 23.7. The second-order valence-electron chi connectivity index (χ2n) is 4.41. The third-order valence-electron chi connectivity index (χ3n) is 2.72. The van der Waals surface area contributed by atoms with Gasteiger partial charge in [0.2, 0.25) is 5.91 Å². The summed E-state index contributed by atoms with van der Waals surface area (Å²) < 4.78 is 0.846. The van der Waals surface area contributed by atoms with Crippen LogP contribution in [0.2, 0.25) is 0 Å². The van der Waals surface area contributed by atoms with E-state index in [-0.39, 0.29) is 30.6 Å². The topological polar surface area (TPSA) is 66.4 Å². The fourth-order valence-corrected chi connectivity index (χ4v) is 2.01. The van der Waals surface area contributed by atoms with Gasteiger partial charge in [-0.05, 0) is 18.6 Å². The highest BCUT2D eigenvalue weighted by Gasteiger charge is 2.17. The number of ketones is 1. The zero-order valence-electron chi connectivity index (χ0n) is 10.9. The maximum absolute atomic E-state index is 12.0. The molecule has 1 aromatic carbocycles. The van der Waals surface area contributed by atoms with Gasteiger partial charge in [-0.15, -0.1) is 0 Å². The van der Waals surface area contributed by atoms with Crippen LogP contribution in [0.25, 0.3) is 0 Å². The number of rotatable bonds is 7. The van der Waals surface area contributed by atoms with Gasteiger partial charge in [0.1, 0.15) is 0 Å². The van der Waals surface area contributed by atoms with Crippen molar-refractivity contribution in [2.24, 2.45) is 5.92 Å². The van der Waals surface area contributed by atoms with E-state index < -0.39 is 0 Å². The minimum absolute atomic E-state index is 0.0473. The predicted molar refractivity (Wildman–Crippen MR) is 77.0 cm³/mol. The number of amides is 1. The molecule has 0 saturated carbocycles. The van der Waals surface area contributed by atoms with Crippen LogP contribution in [-0.4, -0.2) is 29.9 Å². The Morgan fingerprint density at radius 2 is 2.16 bits per heavy atom. The molecule has 4 nitrogen and oxygen atoms in total. The Morgan fingerprint density at radius 1 is 1.42 bits per heavy atom. The van der Waals surface area contributed by atoms with Crippen LogP contribution in [0.1, 0.15) is 30.1 Å². The van der Waals surface area contributed by atoms with Crippen molar-refractivity contribution in [2.75, 3.05) is 13.2 Å². The molecule has 0 aromatic heterocycles. The summed E-state index contributed by atoms with van der Waals surface area (Å²) >= 11 is 3.31. The van der Waals surface area contributed by atoms with Gasteiger partial charge in [-0.25, -0.2) is 0 Å². The van der Waals surface area contributed by atoms with Crippen LogP contribution in [-0.2, 0) is 4.79 Å². The first-order chi connectivity index (χ1) is 9.04. The van der Waals surface area contributed by atoms with Gasteiger partial charge in [0.15, 0.2) is 5.78 Å². The molecule has 0 saturated heterocycles. The zero-order valence-corrected chi connectivity index (χ0v) is 12.4. The molecule has 0 aliphatic rings. The number of hydrogen-bond donors (Lipinski definition) is 2. The molecule has 1 amide bonds. The van der Waals surface area contributed by atoms with E-state index in [1.165, 1.54) is 0 Å². The Labute approximate surface area is 121 Å². The highest BCUT2D eigenvalue weighted by atomic mass is 79.9. The fourth-order valence-electron chi connectivity index (χ4n) is 1.62. The SMILES string of the molecule is CC(CC(=O)c1cccc(Br)c1)C(=O)NCCCO. The Morgan fingerprint density at radius 3 is 2.79 bits per heavy atom. The highest BCUT2D eigenvalue weighted by molar-refractivity contribution is 9.10. The van der Waals surface area contributed by atoms with Crippen molar-refractivity contribution in [2.45, 2.75) is 19.8 Å². The molecule has 0 spiro atoms. The molecular weight excluding hydrogens is 310 g/mol. The van der Waals surface area contributed by atoms with Crippen molar-refractivity contribution in [3.05, 3.63) is 34.3 Å². The molecular formula is C14H18BrNO3. The lowest BCUT2D eigenvalue weighted by atomic mass is 9.99. The van der Waals surface area contributed by atoms with E-state index >= 15 is 0 Å². The van der Waals surface area contributed by atoms with Crippen LogP contribution < -0.4 is 5.32 Å². The van der Waals surface area contributed by atoms with Crippen molar-refractivity contribution >= 4 is 27.6 Å². The minimum atomic E-state index is -0.370. The van der Waals surface area contributed by atoms with Crippen molar-refractivity contribution in [3.63, 3.8) is 0 Å². The molecule has 1 rings (SSSR count). The molecule has 1 atom stereocenters. The molecule has 0 aliphatic carbocycles. The monoisotopic (exact) mass is 327 g/mol. The summed E-state index contributed by atoms with van der Waals surface area (Å²) in [6, 6.07) is 7.13. The van der Waals surface area contributed by atoms with Gasteiger partial charge in [-0.3, -0.25) is 9.59 Å². The van der Waals surface area contributed by atoms with Gasteiger partial charge in [-0.1, -0.05) is 35.0 Å². The maximum Gasteiger partial charge on any atom is 0.223 e. The third kappa shape index (κ3) is 5.53. The van der Waals surface area contributed by atoms with Crippen molar-refractivity contribution in [3.8, 4) is 0 Å². The molecule has 0 radical (unpaired) electrons. The molecule has 2 N–H and O–H groups in total. The van der Waals surface area contributed by atoms with E-state index in [1.54, 1.807) is 25.1 Å². The third-order valence-corrected chi connectivity index (χ3v) is 3.21. The number of aliphatic hydroxyl groups is 1. The molecule has 5 heteroatoms. The Hall–Kier alpha value is -1.20. The number of nitrogens with one attached hydrogen (secondary N) is 1. The van der Waals surface area contributed by atoms with Crippen LogP contribution >= 0.6 is 15.9 Å². The lowest BCUT2D eigenvalue weighted by Gasteiger charge is -2.11. The molecule has 1 aromatic rings. The van der Waals surface area contributed by atoms with Gasteiger partial charge in [0, 0.05) is 35.5 Å². The van der Waals surface area contributed by atoms with Crippen molar-refractivity contribution < 1.29 is 14.7 Å². The van der Waals surface area contributed by atoms with Gasteiger partial charge in [0.25, 0.3) is 0 Å². The molecule has 19 heavy (non-hydrogen) atoms. The number of hydrogen-bond acceptors (Lipinski definition) is 3. The number of carbonyl (C=O) groups is 2. The average Bonchev–Trinajstić information content (AvgIpc) is 2.38. The maximum atomic E-state index is 12.0. The summed E-state index contributed by atoms with van der Waals surface area (Å²) in [7, 11) is 0. The van der Waals surface area contributed by atoms with Crippen molar-refractivity contribution in [1.29, 1.82) is 0 Å². The van der Waals surface area contributed by atoms with Crippen LogP contribution in [0, 0.1) is 5.92 Å². The number of aliphatic hydroxyl groups excluding tert-OH is 1. The first-order valence-electron chi connectivity index (χ1n) is 6.22. The summed E-state index contributed by atoms with van der Waals surface area (Å²) in [6.45, 7) is 2.21. The van der Waals surface area contributed by atoms with Gasteiger partial charge in [-0.2, -0.15) is 0 Å². The second-order valence-corrected chi connectivity index (χ2v) is 5.32. The summed E-state index contributed by atoms with van der Waals surface area (Å²) in [5, 5.41) is 11.3. The van der Waals surface area contributed by atoms with E-state index in [0.717, 1.165) is 4.47 Å². The normalized spacial score (nSPS) is 11.9. The van der Waals surface area contributed by atoms with Crippen LogP contribution in [0.3, 0.4) is 0 Å². The quantitative estimate of drug-likeness (QED) is 0.595. The van der Waals surface area contributed by atoms with E-state index in [2.05, 4.69) is 21.2 Å². The standard InChI is InChI=1S/C14H18BrNO3/c1-10(14(19)16-6-3-7-17)8-13(18)11-4-2-5-12(15)9-11/h2,4-5,9-10,17H,3,6-8H2,1H3,(H,16,19). The fraction of sp³-hybridized carbons (Fsp3) is 0.429. The number of carbonyl (C=O) groups excluding carboxylic acids is 2. The van der Waals surface area contributed by atoms with E-state index in [4.69, 9.17) is 5.11 Å². The first kappa shape index (κ1) is 15.9. The number of halogens is 1. The van der Waals surface area contributed by atoms with Crippen LogP contribution in [0.5, 0.6) is 0 Å². The molecule has 104 valence electrons. The van der Waals surface area contributed by atoms with Gasteiger partial charge >= 0.3 is 0 Å². The minimum Gasteiger partial charge on any atom is -0.396 e. The van der Waals surface area contributed by atoms with Gasteiger partial charge in [0.05, 0.1) is 0 Å². The molecule has 0 heterocycles. The highest BCUT2D eigenvalue weighted by Crippen LogP contribution is 2.15. The Bertz CT molecular complexity index is 448. The summed E-state index contributed by atoms with van der Waals surface area (Å²) in [5.41, 5.74) is 0.601. The molecule has 1 unspecified atom stereocenters. The van der Waals surface area contributed by atoms with E-state index in [0.29, 0.717) is 18.5 Å². The van der Waals surface area contributed by atoms with Crippen molar-refractivity contribution in [1.82, 2.24) is 5.32 Å². The summed E-state index contributed by atoms with van der Waals surface area (Å²) in [6.07, 6.45) is 0.708. The van der Waals surface area contributed by atoms with Crippen LogP contribution in [0.15, 0.2) is 28.7 Å². The largest absolute Gasteiger partial charge is 0.396 e. The lowest BCUT2D eigenvalue weighted by Crippen LogP contribution is -2.31. The van der Waals surface area contributed by atoms with Gasteiger partial charge < -0.3 is 10.4 Å². The number of benzene rings is 1. The Balaban J connectivity index is 2.49. The van der Waals surface area contributed by atoms with Crippen LogP contribution in [0.4, 0.5) is 0 Å². The second kappa shape index (κ2) is 8.07. The first-order valence-corrected chi connectivity index (χ1v) is 7.01. The predicted octanol–water partition coefficient (Wildman–Crippen LogP) is 2.16. The number of Topliss-reactive ketones (excluding diaryl/α,β-unsaturated/α-hetero) is 1. The van der Waals surface area contributed by atoms with E-state index in [9.17, 15) is 9.59 Å².